The van der Waals surface area contributed by atoms with Gasteiger partial charge in [-0.05, 0) is 66.9 Å². The molecule has 33 heavy (non-hydrogen) atoms. The Kier molecular flexibility index (Phi) is 8.38. The fraction of sp³-hybridized carbons (Fsp3) is 0.355. The van der Waals surface area contributed by atoms with Crippen LogP contribution in [0.5, 0.6) is 0 Å². The van der Waals surface area contributed by atoms with Gasteiger partial charge in [0.15, 0.2) is 0 Å². The number of nitrogens with zero attached hydrogens (tertiary/aromatic N) is 1. The Hall–Kier alpha value is -2.84. The SMILES string of the molecule is C=C(NCCC)c1ccc(CC2CCN(CC(c3ccccc3)c3ccccc3)CC2)cc1. The fourth-order valence-corrected chi connectivity index (χ4v) is 4.96. The topological polar surface area (TPSA) is 15.3 Å². The van der Waals surface area contributed by atoms with Crippen molar-refractivity contribution in [1.29, 1.82) is 0 Å². The van der Waals surface area contributed by atoms with Gasteiger partial charge < -0.3 is 10.2 Å². The molecule has 1 aliphatic rings. The molecule has 0 saturated carbocycles. The molecule has 1 fully saturated rings. The van der Waals surface area contributed by atoms with Crippen LogP contribution in [0.3, 0.4) is 0 Å². The smallest absolute Gasteiger partial charge is 0.0340 e. The largest absolute Gasteiger partial charge is 0.385 e. The summed E-state index contributed by atoms with van der Waals surface area (Å²) in [4.78, 5) is 2.67. The van der Waals surface area contributed by atoms with Crippen LogP contribution in [0, 0.1) is 5.92 Å². The molecule has 1 heterocycles. The van der Waals surface area contributed by atoms with Gasteiger partial charge in [-0.3, -0.25) is 0 Å². The van der Waals surface area contributed by atoms with E-state index in [1.165, 1.54) is 54.6 Å². The zero-order chi connectivity index (χ0) is 22.9. The lowest BCUT2D eigenvalue weighted by Crippen LogP contribution is -2.37. The first kappa shape index (κ1) is 23.3. The first-order valence-corrected chi connectivity index (χ1v) is 12.6. The third-order valence-corrected chi connectivity index (χ3v) is 6.97. The van der Waals surface area contributed by atoms with Crippen LogP contribution in [0.1, 0.15) is 54.4 Å². The van der Waals surface area contributed by atoms with Crippen LogP contribution in [0.25, 0.3) is 5.70 Å². The molecular weight excluding hydrogens is 400 g/mol. The van der Waals surface area contributed by atoms with Crippen molar-refractivity contribution in [3.63, 3.8) is 0 Å². The summed E-state index contributed by atoms with van der Waals surface area (Å²) >= 11 is 0. The summed E-state index contributed by atoms with van der Waals surface area (Å²) in [6.45, 7) is 10.8. The molecule has 0 bridgehead atoms. The van der Waals surface area contributed by atoms with Crippen LogP contribution < -0.4 is 5.32 Å². The molecule has 1 aliphatic heterocycles. The van der Waals surface area contributed by atoms with Crippen LogP contribution in [0.4, 0.5) is 0 Å². The van der Waals surface area contributed by atoms with Crippen molar-refractivity contribution in [3.8, 4) is 0 Å². The molecule has 172 valence electrons. The third kappa shape index (κ3) is 6.58. The van der Waals surface area contributed by atoms with Crippen LogP contribution in [0.2, 0.25) is 0 Å². The fourth-order valence-electron chi connectivity index (χ4n) is 4.96. The Morgan fingerprint density at radius 1 is 0.879 bits per heavy atom. The predicted molar refractivity (Wildman–Crippen MR) is 141 cm³/mol. The van der Waals surface area contributed by atoms with Crippen LogP contribution in [0.15, 0.2) is 91.5 Å². The van der Waals surface area contributed by atoms with Crippen molar-refractivity contribution in [1.82, 2.24) is 10.2 Å². The molecule has 0 radical (unpaired) electrons. The number of piperidine rings is 1. The zero-order valence-electron chi connectivity index (χ0n) is 20.0. The molecule has 0 unspecified atom stereocenters. The van der Waals surface area contributed by atoms with Crippen LogP contribution in [-0.2, 0) is 6.42 Å². The molecule has 3 aromatic carbocycles. The van der Waals surface area contributed by atoms with Crippen molar-refractivity contribution in [2.24, 2.45) is 5.92 Å². The zero-order valence-corrected chi connectivity index (χ0v) is 20.0. The van der Waals surface area contributed by atoms with Crippen LogP contribution in [-0.4, -0.2) is 31.1 Å². The number of benzene rings is 3. The van der Waals surface area contributed by atoms with Crippen molar-refractivity contribution in [2.45, 2.75) is 38.5 Å². The maximum absolute atomic E-state index is 4.17. The molecule has 0 atom stereocenters. The molecular formula is C31H38N2. The summed E-state index contributed by atoms with van der Waals surface area (Å²) in [7, 11) is 0. The average Bonchev–Trinajstić information content (AvgIpc) is 2.88. The summed E-state index contributed by atoms with van der Waals surface area (Å²) in [6, 6.07) is 31.0. The lowest BCUT2D eigenvalue weighted by Gasteiger charge is -2.34. The molecule has 4 rings (SSSR count). The lowest BCUT2D eigenvalue weighted by molar-refractivity contribution is 0.179. The average molecular weight is 439 g/mol. The lowest BCUT2D eigenvalue weighted by atomic mass is 9.87. The van der Waals surface area contributed by atoms with E-state index in [1.807, 2.05) is 0 Å². The second-order valence-corrected chi connectivity index (χ2v) is 9.42. The van der Waals surface area contributed by atoms with Crippen molar-refractivity contribution in [3.05, 3.63) is 114 Å². The minimum atomic E-state index is 0.436. The van der Waals surface area contributed by atoms with E-state index >= 15 is 0 Å². The second-order valence-electron chi connectivity index (χ2n) is 9.42. The highest BCUT2D eigenvalue weighted by atomic mass is 15.1. The monoisotopic (exact) mass is 438 g/mol. The van der Waals surface area contributed by atoms with E-state index in [4.69, 9.17) is 0 Å². The standard InChI is InChI=1S/C31H38N2/c1-3-20-32-25(2)28-16-14-26(15-17-28)23-27-18-21-33(22-19-27)24-31(29-10-6-4-7-11-29)30-12-8-5-9-13-30/h4-17,27,31-32H,2-3,18-24H2,1H3. The van der Waals surface area contributed by atoms with Crippen LogP contribution >= 0.6 is 0 Å². The van der Waals surface area contributed by atoms with Gasteiger partial charge in [0, 0.05) is 24.7 Å². The Morgan fingerprint density at radius 3 is 2.00 bits per heavy atom. The van der Waals surface area contributed by atoms with E-state index in [1.54, 1.807) is 0 Å². The number of hydrogen-bond donors (Lipinski definition) is 1. The van der Waals surface area contributed by atoms with E-state index in [2.05, 4.69) is 109 Å². The van der Waals surface area contributed by atoms with Gasteiger partial charge in [0.25, 0.3) is 0 Å². The maximum atomic E-state index is 4.17. The van der Waals surface area contributed by atoms with E-state index in [9.17, 15) is 0 Å². The van der Waals surface area contributed by atoms with Crippen molar-refractivity contribution >= 4 is 5.70 Å². The predicted octanol–water partition coefficient (Wildman–Crippen LogP) is 6.74. The number of nitrogens with one attached hydrogen (secondary N) is 1. The molecule has 0 spiro atoms. The van der Waals surface area contributed by atoms with E-state index in [0.29, 0.717) is 5.92 Å². The van der Waals surface area contributed by atoms with Gasteiger partial charge in [-0.25, -0.2) is 0 Å². The van der Waals surface area contributed by atoms with Gasteiger partial charge in [-0.2, -0.15) is 0 Å². The second kappa shape index (κ2) is 11.9. The van der Waals surface area contributed by atoms with Gasteiger partial charge in [-0.15, -0.1) is 0 Å². The first-order chi connectivity index (χ1) is 16.2. The Balaban J connectivity index is 1.31. The van der Waals surface area contributed by atoms with Gasteiger partial charge in [0.2, 0.25) is 0 Å². The Labute approximate surface area is 200 Å². The van der Waals surface area contributed by atoms with E-state index in [-0.39, 0.29) is 0 Å². The Morgan fingerprint density at radius 2 is 1.45 bits per heavy atom. The highest BCUT2D eigenvalue weighted by Crippen LogP contribution is 2.29. The molecule has 2 heteroatoms. The molecule has 0 aromatic heterocycles. The normalized spacial score (nSPS) is 15.0. The minimum absolute atomic E-state index is 0.436. The quantitative estimate of drug-likeness (QED) is 0.377. The number of rotatable bonds is 10. The summed E-state index contributed by atoms with van der Waals surface area (Å²) in [5.41, 5.74) is 6.52. The third-order valence-electron chi connectivity index (χ3n) is 6.97. The number of hydrogen-bond acceptors (Lipinski definition) is 2. The summed E-state index contributed by atoms with van der Waals surface area (Å²) in [5.74, 6) is 1.21. The summed E-state index contributed by atoms with van der Waals surface area (Å²) < 4.78 is 0. The van der Waals surface area contributed by atoms with E-state index in [0.717, 1.165) is 31.1 Å². The molecule has 1 saturated heterocycles. The molecule has 0 amide bonds. The first-order valence-electron chi connectivity index (χ1n) is 12.6. The summed E-state index contributed by atoms with van der Waals surface area (Å²) in [6.07, 6.45) is 4.86. The van der Waals surface area contributed by atoms with Gasteiger partial charge in [0.1, 0.15) is 0 Å². The van der Waals surface area contributed by atoms with E-state index < -0.39 is 0 Å². The number of likely N-dealkylation sites (tertiary alicyclic amines) is 1. The molecule has 0 aliphatic carbocycles. The van der Waals surface area contributed by atoms with Crippen molar-refractivity contribution < 1.29 is 0 Å². The van der Waals surface area contributed by atoms with Crippen molar-refractivity contribution in [2.75, 3.05) is 26.2 Å². The van der Waals surface area contributed by atoms with Gasteiger partial charge in [-0.1, -0.05) is 98.4 Å². The maximum Gasteiger partial charge on any atom is 0.0340 e. The van der Waals surface area contributed by atoms with Gasteiger partial charge >= 0.3 is 0 Å². The minimum Gasteiger partial charge on any atom is -0.385 e. The molecule has 2 nitrogen and oxygen atoms in total. The highest BCUT2D eigenvalue weighted by Gasteiger charge is 2.23. The molecule has 3 aromatic rings. The van der Waals surface area contributed by atoms with Gasteiger partial charge in [0.05, 0.1) is 0 Å². The Bertz CT molecular complexity index is 931. The highest BCUT2D eigenvalue weighted by molar-refractivity contribution is 5.61. The molecule has 1 N–H and O–H groups in total. The summed E-state index contributed by atoms with van der Waals surface area (Å²) in [5, 5.41) is 3.39.